The summed E-state index contributed by atoms with van der Waals surface area (Å²) in [5, 5.41) is 37.9. The standard InChI is InChI=1S/C4H5O5.CH2O3.Na/c5-2(4(8)9)1-3(6)7;2-1(3)4;/h5H,1H2,(H,6,7)(H,8,9);(H2,2,3,4);/q-1;;+1. The van der Waals surface area contributed by atoms with Gasteiger partial charge in [0, 0.05) is 0 Å². The van der Waals surface area contributed by atoms with E-state index in [1.807, 2.05) is 0 Å². The molecule has 14 heavy (non-hydrogen) atoms. The van der Waals surface area contributed by atoms with Gasteiger partial charge in [-0.2, -0.15) is 0 Å². The predicted molar refractivity (Wildman–Crippen MR) is 35.7 cm³/mol. The third kappa shape index (κ3) is 22.5. The molecule has 5 N–H and O–H groups in total. The molecule has 0 aromatic carbocycles. The van der Waals surface area contributed by atoms with Crippen molar-refractivity contribution in [3.63, 3.8) is 0 Å². The van der Waals surface area contributed by atoms with Crippen molar-refractivity contribution in [1.29, 1.82) is 0 Å². The Labute approximate surface area is 100 Å². The molecule has 0 radical (unpaired) electrons. The number of aliphatic hydroxyl groups excluding tert-OH is 1. The Hall–Kier alpha value is -0.960. The first-order valence-corrected chi connectivity index (χ1v) is 2.69. The molecule has 0 aliphatic rings. The largest absolute Gasteiger partial charge is 1.00 e. The van der Waals surface area contributed by atoms with E-state index in [2.05, 4.69) is 0 Å². The maximum atomic E-state index is 9.68. The SMILES string of the molecule is O=C(O)C[C-](O)C(=O)O.O=C(O)O.[Na+]. The number of aliphatic hydroxyl groups is 1. The summed E-state index contributed by atoms with van der Waals surface area (Å²) in [4.78, 5) is 27.9. The van der Waals surface area contributed by atoms with Crippen LogP contribution in [0.5, 0.6) is 0 Å². The fraction of sp³-hybridized carbons (Fsp3) is 0.200. The molecule has 76 valence electrons. The van der Waals surface area contributed by atoms with E-state index in [1.165, 1.54) is 0 Å². The fourth-order valence-corrected chi connectivity index (χ4v) is 0.219. The summed E-state index contributed by atoms with van der Waals surface area (Å²) in [6, 6.07) is 0. The van der Waals surface area contributed by atoms with Gasteiger partial charge in [-0.05, 0) is 6.42 Å². The first-order chi connectivity index (χ1) is 5.77. The van der Waals surface area contributed by atoms with Crippen molar-refractivity contribution in [3.8, 4) is 0 Å². The van der Waals surface area contributed by atoms with Crippen LogP contribution in [0.1, 0.15) is 6.42 Å². The van der Waals surface area contributed by atoms with E-state index in [-0.39, 0.29) is 29.6 Å². The molecule has 0 spiro atoms. The second kappa shape index (κ2) is 10.1. The van der Waals surface area contributed by atoms with E-state index in [9.17, 15) is 9.59 Å². The van der Waals surface area contributed by atoms with E-state index < -0.39 is 30.6 Å². The molecule has 0 aromatic heterocycles. The van der Waals surface area contributed by atoms with Crippen molar-refractivity contribution < 1.29 is 69.5 Å². The van der Waals surface area contributed by atoms with Gasteiger partial charge in [-0.25, -0.2) is 4.79 Å². The number of rotatable bonds is 3. The van der Waals surface area contributed by atoms with Crippen LogP contribution < -0.4 is 29.6 Å². The smallest absolute Gasteiger partial charge is 0.533 e. The Bertz CT molecular complexity index is 198. The molecule has 0 aliphatic carbocycles. The van der Waals surface area contributed by atoms with Crippen LogP contribution in [-0.4, -0.2) is 43.6 Å². The van der Waals surface area contributed by atoms with Gasteiger partial charge >= 0.3 is 35.7 Å². The Balaban J connectivity index is -0.000000209. The fourth-order valence-electron chi connectivity index (χ4n) is 0.219. The molecule has 0 saturated heterocycles. The molecule has 0 rings (SSSR count). The molecule has 0 aromatic rings. The summed E-state index contributed by atoms with van der Waals surface area (Å²) in [7, 11) is 0. The molecule has 8 nitrogen and oxygen atoms in total. The van der Waals surface area contributed by atoms with Gasteiger partial charge in [-0.1, -0.05) is 0 Å². The maximum Gasteiger partial charge on any atom is 1.00 e. The number of hydrogen-bond acceptors (Lipinski definition) is 4. The van der Waals surface area contributed by atoms with Crippen molar-refractivity contribution in [2.45, 2.75) is 6.42 Å². The number of carboxylic acid groups (broad SMARTS) is 4. The minimum Gasteiger partial charge on any atom is -0.533 e. The van der Waals surface area contributed by atoms with Crippen LogP contribution in [-0.2, 0) is 9.59 Å². The van der Waals surface area contributed by atoms with Gasteiger partial charge in [0.25, 0.3) is 5.97 Å². The van der Waals surface area contributed by atoms with Crippen molar-refractivity contribution in [1.82, 2.24) is 0 Å². The first-order valence-electron chi connectivity index (χ1n) is 2.69. The Morgan fingerprint density at radius 1 is 1.00 bits per heavy atom. The maximum absolute atomic E-state index is 9.68. The van der Waals surface area contributed by atoms with Crippen LogP contribution in [0.2, 0.25) is 0 Å². The minimum atomic E-state index is -1.83. The summed E-state index contributed by atoms with van der Waals surface area (Å²) in [6.45, 7) is 0. The third-order valence-corrected chi connectivity index (χ3v) is 0.566. The topological polar surface area (TPSA) is 152 Å². The molecule has 0 bridgehead atoms. The van der Waals surface area contributed by atoms with Crippen molar-refractivity contribution in [2.75, 3.05) is 0 Å². The third-order valence-electron chi connectivity index (χ3n) is 0.566. The van der Waals surface area contributed by atoms with Gasteiger partial charge in [0.05, 0.1) is 0 Å². The second-order valence-electron chi connectivity index (χ2n) is 1.60. The summed E-state index contributed by atoms with van der Waals surface area (Å²) in [5.74, 6) is -2.97. The molecular weight excluding hydrogens is 211 g/mol. The van der Waals surface area contributed by atoms with Gasteiger partial charge < -0.3 is 25.5 Å². The van der Waals surface area contributed by atoms with Gasteiger partial charge in [0.2, 0.25) is 0 Å². The van der Waals surface area contributed by atoms with Crippen LogP contribution in [0.4, 0.5) is 4.79 Å². The summed E-state index contributed by atoms with van der Waals surface area (Å²) >= 11 is 0. The molecule has 0 unspecified atom stereocenters. The summed E-state index contributed by atoms with van der Waals surface area (Å²) in [5.41, 5.74) is 0. The van der Waals surface area contributed by atoms with Gasteiger partial charge in [0.15, 0.2) is 5.97 Å². The van der Waals surface area contributed by atoms with Crippen molar-refractivity contribution >= 4 is 18.1 Å². The predicted octanol–water partition coefficient (Wildman–Crippen LogP) is -3.32. The number of hydrogen-bond donors (Lipinski definition) is 5. The molecule has 0 amide bonds. The molecule has 0 heterocycles. The number of carbonyl (C=O) groups is 3. The van der Waals surface area contributed by atoms with Crippen LogP contribution in [0.25, 0.3) is 0 Å². The zero-order valence-corrected chi connectivity index (χ0v) is 9.17. The quantitative estimate of drug-likeness (QED) is 0.243. The van der Waals surface area contributed by atoms with E-state index >= 15 is 0 Å². The Morgan fingerprint density at radius 3 is 1.36 bits per heavy atom. The van der Waals surface area contributed by atoms with E-state index in [1.54, 1.807) is 0 Å². The number of carboxylic acids is 2. The summed E-state index contributed by atoms with van der Waals surface area (Å²) in [6.07, 6.45) is -3.72. The van der Waals surface area contributed by atoms with E-state index in [0.29, 0.717) is 0 Å². The van der Waals surface area contributed by atoms with Gasteiger partial charge in [-0.15, -0.1) is 6.10 Å². The first kappa shape index (κ1) is 18.8. The van der Waals surface area contributed by atoms with Crippen LogP contribution >= 0.6 is 0 Å². The average molecular weight is 218 g/mol. The van der Waals surface area contributed by atoms with Gasteiger partial charge in [-0.3, -0.25) is 9.59 Å². The van der Waals surface area contributed by atoms with Crippen molar-refractivity contribution in [3.05, 3.63) is 6.10 Å². The number of aliphatic carboxylic acids is 2. The monoisotopic (exact) mass is 218 g/mol. The average Bonchev–Trinajstić information content (AvgIpc) is 1.83. The zero-order chi connectivity index (χ0) is 11.0. The van der Waals surface area contributed by atoms with Crippen LogP contribution in [0.15, 0.2) is 0 Å². The van der Waals surface area contributed by atoms with E-state index in [0.717, 1.165) is 0 Å². The molecule has 0 aliphatic heterocycles. The molecule has 0 atom stereocenters. The van der Waals surface area contributed by atoms with Crippen LogP contribution in [0, 0.1) is 6.10 Å². The zero-order valence-electron chi connectivity index (χ0n) is 7.17. The Kier molecular flexibility index (Phi) is 13.6. The molecule has 0 saturated carbocycles. The second-order valence-corrected chi connectivity index (χ2v) is 1.60. The van der Waals surface area contributed by atoms with Crippen molar-refractivity contribution in [2.24, 2.45) is 0 Å². The normalized spacial score (nSPS) is 7.21. The molecule has 9 heteroatoms. The van der Waals surface area contributed by atoms with E-state index in [4.69, 9.17) is 30.3 Å². The summed E-state index contributed by atoms with van der Waals surface area (Å²) < 4.78 is 0. The Morgan fingerprint density at radius 2 is 1.29 bits per heavy atom. The van der Waals surface area contributed by atoms with Crippen LogP contribution in [0.3, 0.4) is 0 Å². The molecule has 0 fully saturated rings. The molecular formula is C5H7NaO8. The van der Waals surface area contributed by atoms with Gasteiger partial charge in [0.1, 0.15) is 0 Å². The minimum absolute atomic E-state index is 0.